The molecule has 5 atom stereocenters. The maximum atomic E-state index is 13.3. The molecule has 0 radical (unpaired) electrons. The van der Waals surface area contributed by atoms with E-state index in [1.54, 1.807) is 0 Å². The lowest BCUT2D eigenvalue weighted by Crippen LogP contribution is -2.44. The van der Waals surface area contributed by atoms with Gasteiger partial charge in [0.2, 0.25) is 5.91 Å². The first-order chi connectivity index (χ1) is 18.7. The van der Waals surface area contributed by atoms with E-state index in [1.165, 1.54) is 16.7 Å². The van der Waals surface area contributed by atoms with Crippen molar-refractivity contribution in [3.8, 4) is 5.75 Å². The van der Waals surface area contributed by atoms with Crippen LogP contribution < -0.4 is 10.6 Å². The Labute approximate surface area is 233 Å². The number of fused-ring (bicyclic) bond motifs is 5. The summed E-state index contributed by atoms with van der Waals surface area (Å²) in [5, 5.41) is 16.3. The van der Waals surface area contributed by atoms with E-state index in [2.05, 4.69) is 49.3 Å². The lowest BCUT2D eigenvalue weighted by atomic mass is 9.54. The molecule has 1 amide bonds. The van der Waals surface area contributed by atoms with Gasteiger partial charge in [-0.05, 0) is 110 Å². The molecule has 0 aromatic heterocycles. The number of aryl methyl sites for hydroxylation is 2. The van der Waals surface area contributed by atoms with E-state index in [0.29, 0.717) is 61.0 Å². The summed E-state index contributed by atoms with van der Waals surface area (Å²) in [6.07, 6.45) is 7.71. The van der Waals surface area contributed by atoms with Crippen LogP contribution in [0.2, 0.25) is 0 Å². The fourth-order valence-electron chi connectivity index (χ4n) is 8.29. The number of ketones is 1. The highest BCUT2D eigenvalue weighted by Crippen LogP contribution is 2.62. The minimum Gasteiger partial charge on any atom is -0.508 e. The maximum Gasteiger partial charge on any atom is 0.220 e. The second-order valence-electron chi connectivity index (χ2n) is 12.4. The Morgan fingerprint density at radius 3 is 2.79 bits per heavy atom. The van der Waals surface area contributed by atoms with Crippen molar-refractivity contribution < 1.29 is 14.7 Å². The molecule has 0 bridgehead atoms. The molecule has 3 aliphatic carbocycles. The molecule has 2 aromatic rings. The third-order valence-corrected chi connectivity index (χ3v) is 10.2. The number of rotatable bonds is 9. The molecule has 3 aliphatic rings. The Morgan fingerprint density at radius 1 is 1.18 bits per heavy atom. The van der Waals surface area contributed by atoms with E-state index in [1.807, 2.05) is 25.2 Å². The third-order valence-electron chi connectivity index (χ3n) is 10.2. The fraction of sp³-hybridized carbons (Fsp3) is 0.529. The summed E-state index contributed by atoms with van der Waals surface area (Å²) in [7, 11) is 1.92. The number of phenols is 1. The number of benzene rings is 2. The number of anilines is 1. The van der Waals surface area contributed by atoms with E-state index >= 15 is 0 Å². The van der Waals surface area contributed by atoms with E-state index < -0.39 is 0 Å². The van der Waals surface area contributed by atoms with Gasteiger partial charge >= 0.3 is 0 Å². The molecule has 3 N–H and O–H groups in total. The molecule has 2 saturated carbocycles. The van der Waals surface area contributed by atoms with Crippen LogP contribution in [0.5, 0.6) is 5.75 Å². The predicted octanol–water partition coefficient (Wildman–Crippen LogP) is 6.78. The minimum absolute atomic E-state index is 0.0842. The Kier molecular flexibility index (Phi) is 7.89. The quantitative estimate of drug-likeness (QED) is 0.335. The summed E-state index contributed by atoms with van der Waals surface area (Å²) in [4.78, 5) is 25.9. The van der Waals surface area contributed by atoms with Crippen LogP contribution in [0.1, 0.15) is 86.5 Å². The highest BCUT2D eigenvalue weighted by atomic mass is 16.3. The van der Waals surface area contributed by atoms with Crippen LogP contribution in [-0.2, 0) is 16.0 Å². The number of carbonyl (C=O) groups excluding carboxylic acids is 2. The molecular formula is C34H44N2O3. The number of nitrogens with one attached hydrogen (secondary N) is 2. The standard InChI is InChI=1S/C34H44N2O3/c1-21(26-9-5-7-22(2)33(26)35-4)16-18-36-31(39)10-6-8-24-20-30(38)34(3)17-15-28-27-14-12-25(37)19-23(27)11-13-29(28)32(24)34/h5,7,9,12,14,19,24,28-29,32,35,37H,1,6,8,10-11,13,15-18,20H2,2-4H3,(H,36,39)/t24-,28?,29?,32?,34-/m1/s1. The number of Topliss-reactive ketones (excluding diaryl/α,β-unsaturated/α-hetero) is 1. The fourth-order valence-corrected chi connectivity index (χ4v) is 8.29. The van der Waals surface area contributed by atoms with Crippen LogP contribution in [0.25, 0.3) is 5.57 Å². The van der Waals surface area contributed by atoms with Crippen molar-refractivity contribution in [3.63, 3.8) is 0 Å². The lowest BCUT2D eigenvalue weighted by Gasteiger charge is -2.50. The molecular weight excluding hydrogens is 484 g/mol. The predicted molar refractivity (Wildman–Crippen MR) is 158 cm³/mol. The summed E-state index contributed by atoms with van der Waals surface area (Å²) in [6, 6.07) is 12.1. The van der Waals surface area contributed by atoms with Crippen LogP contribution in [0.3, 0.4) is 0 Å². The van der Waals surface area contributed by atoms with Gasteiger partial charge in [-0.2, -0.15) is 0 Å². The first-order valence-corrected chi connectivity index (χ1v) is 14.8. The van der Waals surface area contributed by atoms with E-state index in [9.17, 15) is 14.7 Å². The summed E-state index contributed by atoms with van der Waals surface area (Å²) in [5.74, 6) is 2.63. The second kappa shape index (κ2) is 11.2. The van der Waals surface area contributed by atoms with Crippen molar-refractivity contribution in [1.82, 2.24) is 5.32 Å². The van der Waals surface area contributed by atoms with Gasteiger partial charge in [-0.15, -0.1) is 0 Å². The molecule has 208 valence electrons. The zero-order chi connectivity index (χ0) is 27.7. The average Bonchev–Trinajstić information content (AvgIpc) is 3.17. The summed E-state index contributed by atoms with van der Waals surface area (Å²) >= 11 is 0. The maximum absolute atomic E-state index is 13.3. The van der Waals surface area contributed by atoms with Gasteiger partial charge in [0.15, 0.2) is 0 Å². The monoisotopic (exact) mass is 528 g/mol. The van der Waals surface area contributed by atoms with Crippen LogP contribution in [0.15, 0.2) is 43.0 Å². The summed E-state index contributed by atoms with van der Waals surface area (Å²) < 4.78 is 0. The van der Waals surface area contributed by atoms with Gasteiger partial charge in [-0.1, -0.05) is 37.8 Å². The smallest absolute Gasteiger partial charge is 0.220 e. The van der Waals surface area contributed by atoms with Crippen molar-refractivity contribution in [3.05, 3.63) is 65.2 Å². The first-order valence-electron chi connectivity index (χ1n) is 14.8. The van der Waals surface area contributed by atoms with Gasteiger partial charge in [-0.3, -0.25) is 9.59 Å². The minimum atomic E-state index is -0.217. The molecule has 5 heteroatoms. The second-order valence-corrected chi connectivity index (χ2v) is 12.4. The number of carbonyl (C=O) groups is 2. The van der Waals surface area contributed by atoms with E-state index in [4.69, 9.17) is 0 Å². The highest BCUT2D eigenvalue weighted by Gasteiger charge is 2.58. The van der Waals surface area contributed by atoms with Gasteiger partial charge in [0.1, 0.15) is 11.5 Å². The van der Waals surface area contributed by atoms with Crippen molar-refractivity contribution in [2.45, 2.75) is 77.6 Å². The Hall–Kier alpha value is -3.08. The largest absolute Gasteiger partial charge is 0.508 e. The topological polar surface area (TPSA) is 78.4 Å². The van der Waals surface area contributed by atoms with Gasteiger partial charge in [0, 0.05) is 43.1 Å². The van der Waals surface area contributed by atoms with Crippen molar-refractivity contribution in [2.75, 3.05) is 18.9 Å². The molecule has 2 aromatic carbocycles. The number of hydrogen-bond donors (Lipinski definition) is 3. The normalized spacial score (nSPS) is 27.3. The summed E-state index contributed by atoms with van der Waals surface area (Å²) in [6.45, 7) is 9.13. The highest BCUT2D eigenvalue weighted by molar-refractivity contribution is 5.87. The molecule has 5 nitrogen and oxygen atoms in total. The Morgan fingerprint density at radius 2 is 2.00 bits per heavy atom. The number of phenolic OH excluding ortho intramolecular Hbond substituents is 1. The zero-order valence-corrected chi connectivity index (χ0v) is 23.8. The van der Waals surface area contributed by atoms with Crippen LogP contribution in [0.4, 0.5) is 5.69 Å². The molecule has 0 spiro atoms. The van der Waals surface area contributed by atoms with Gasteiger partial charge in [0.25, 0.3) is 0 Å². The lowest BCUT2D eigenvalue weighted by molar-refractivity contribution is -0.129. The molecule has 3 unspecified atom stereocenters. The molecule has 39 heavy (non-hydrogen) atoms. The van der Waals surface area contributed by atoms with Crippen molar-refractivity contribution >= 4 is 23.0 Å². The Balaban J connectivity index is 1.14. The number of para-hydroxylation sites is 1. The van der Waals surface area contributed by atoms with Gasteiger partial charge in [-0.25, -0.2) is 0 Å². The molecule has 0 saturated heterocycles. The third kappa shape index (κ3) is 5.25. The molecule has 5 rings (SSSR count). The van der Waals surface area contributed by atoms with Crippen molar-refractivity contribution in [1.29, 1.82) is 0 Å². The Bertz CT molecular complexity index is 1270. The number of amides is 1. The average molecular weight is 529 g/mol. The zero-order valence-electron chi connectivity index (χ0n) is 23.8. The molecule has 0 aliphatic heterocycles. The van der Waals surface area contributed by atoms with E-state index in [-0.39, 0.29) is 11.3 Å². The van der Waals surface area contributed by atoms with Crippen molar-refractivity contribution in [2.24, 2.45) is 23.2 Å². The van der Waals surface area contributed by atoms with Gasteiger partial charge < -0.3 is 15.7 Å². The van der Waals surface area contributed by atoms with Crippen LogP contribution in [0, 0.1) is 30.1 Å². The summed E-state index contributed by atoms with van der Waals surface area (Å²) in [5.41, 5.74) is 6.85. The first kappa shape index (κ1) is 27.5. The molecule has 2 fully saturated rings. The van der Waals surface area contributed by atoms with Crippen LogP contribution >= 0.6 is 0 Å². The molecule has 0 heterocycles. The number of hydrogen-bond acceptors (Lipinski definition) is 4. The number of aromatic hydroxyl groups is 1. The SMILES string of the molecule is C=C(CCNC(=O)CCC[C@@H]1CC(=O)[C@@]2(C)CCC3c4ccc(O)cc4CCC3C12)c1cccc(C)c1NC. The van der Waals surface area contributed by atoms with Gasteiger partial charge in [0.05, 0.1) is 0 Å². The van der Waals surface area contributed by atoms with E-state index in [0.717, 1.165) is 55.3 Å². The van der Waals surface area contributed by atoms with Crippen LogP contribution in [-0.4, -0.2) is 30.4 Å².